The molecule has 0 aromatic heterocycles. The van der Waals surface area contributed by atoms with Gasteiger partial charge in [0.2, 0.25) is 0 Å². The summed E-state index contributed by atoms with van der Waals surface area (Å²) in [5.41, 5.74) is 5.53. The van der Waals surface area contributed by atoms with Crippen molar-refractivity contribution in [2.24, 2.45) is 5.73 Å². The van der Waals surface area contributed by atoms with Gasteiger partial charge in [0.1, 0.15) is 0 Å². The van der Waals surface area contributed by atoms with Crippen LogP contribution >= 0.6 is 0 Å². The van der Waals surface area contributed by atoms with Crippen LogP contribution in [0.3, 0.4) is 0 Å². The highest BCUT2D eigenvalue weighted by Crippen LogP contribution is 2.01. The summed E-state index contributed by atoms with van der Waals surface area (Å²) in [5.74, 6) is 2.49. The van der Waals surface area contributed by atoms with E-state index in [2.05, 4.69) is 11.2 Å². The van der Waals surface area contributed by atoms with Crippen LogP contribution in [0, 0.1) is 12.3 Å². The molecule has 13 heavy (non-hydrogen) atoms. The largest absolute Gasteiger partial charge is 0.356 e. The summed E-state index contributed by atoms with van der Waals surface area (Å²) in [4.78, 5) is 0. The van der Waals surface area contributed by atoms with Gasteiger partial charge in [0.05, 0.1) is 6.54 Å². The van der Waals surface area contributed by atoms with Crippen molar-refractivity contribution in [2.75, 3.05) is 27.3 Å². The van der Waals surface area contributed by atoms with Crippen LogP contribution in [0.2, 0.25) is 0 Å². The fourth-order valence-corrected chi connectivity index (χ4v) is 0.987. The number of nitrogens with two attached hydrogens (primary N) is 1. The number of methoxy groups -OCH3 is 2. The lowest BCUT2D eigenvalue weighted by atomic mass is 10.2. The van der Waals surface area contributed by atoms with E-state index >= 15 is 0 Å². The molecule has 0 aliphatic rings. The average Bonchev–Trinajstić information content (AvgIpc) is 2.19. The van der Waals surface area contributed by atoms with E-state index in [-0.39, 0.29) is 12.3 Å². The van der Waals surface area contributed by atoms with Crippen molar-refractivity contribution >= 4 is 0 Å². The Morgan fingerprint density at radius 2 is 2.08 bits per heavy atom. The molecule has 4 nitrogen and oxygen atoms in total. The van der Waals surface area contributed by atoms with E-state index in [1.807, 2.05) is 0 Å². The molecule has 0 aliphatic carbocycles. The zero-order valence-corrected chi connectivity index (χ0v) is 8.25. The van der Waals surface area contributed by atoms with Gasteiger partial charge in [-0.3, -0.25) is 0 Å². The molecule has 1 unspecified atom stereocenters. The Balaban J connectivity index is 3.75. The van der Waals surface area contributed by atoms with Crippen molar-refractivity contribution < 1.29 is 9.47 Å². The van der Waals surface area contributed by atoms with Gasteiger partial charge in [-0.15, -0.1) is 6.42 Å². The van der Waals surface area contributed by atoms with Crippen molar-refractivity contribution in [2.45, 2.75) is 18.8 Å². The molecule has 4 heteroatoms. The van der Waals surface area contributed by atoms with Crippen LogP contribution in [0.15, 0.2) is 0 Å². The normalized spacial score (nSPS) is 12.8. The van der Waals surface area contributed by atoms with Crippen LogP contribution in [0.1, 0.15) is 6.42 Å². The van der Waals surface area contributed by atoms with Gasteiger partial charge in [-0.1, -0.05) is 5.92 Å². The maximum absolute atomic E-state index is 5.53. The number of hydrogen-bond donors (Lipinski definition) is 2. The molecule has 76 valence electrons. The Morgan fingerprint density at radius 3 is 2.46 bits per heavy atom. The molecular formula is C9H18N2O2. The second kappa shape index (κ2) is 8.02. The van der Waals surface area contributed by atoms with Crippen molar-refractivity contribution in [1.82, 2.24) is 5.32 Å². The fourth-order valence-electron chi connectivity index (χ4n) is 0.987. The van der Waals surface area contributed by atoms with Gasteiger partial charge >= 0.3 is 0 Å². The zero-order valence-electron chi connectivity index (χ0n) is 8.25. The van der Waals surface area contributed by atoms with Crippen LogP contribution in [-0.4, -0.2) is 39.6 Å². The van der Waals surface area contributed by atoms with Gasteiger partial charge in [-0.2, -0.15) is 0 Å². The summed E-state index contributed by atoms with van der Waals surface area (Å²) in [7, 11) is 3.20. The van der Waals surface area contributed by atoms with Crippen LogP contribution in [0.5, 0.6) is 0 Å². The Bertz CT molecular complexity index is 152. The van der Waals surface area contributed by atoms with Gasteiger partial charge < -0.3 is 20.5 Å². The SMILES string of the molecule is C#CCNC(CN)CC(OC)OC. The first-order valence-corrected chi connectivity index (χ1v) is 4.21. The number of ether oxygens (including phenoxy) is 2. The molecule has 0 aliphatic heterocycles. The third kappa shape index (κ3) is 5.61. The number of nitrogens with one attached hydrogen (secondary N) is 1. The topological polar surface area (TPSA) is 56.5 Å². The van der Waals surface area contributed by atoms with E-state index in [0.717, 1.165) is 0 Å². The third-order valence-corrected chi connectivity index (χ3v) is 1.78. The second-order valence-corrected chi connectivity index (χ2v) is 2.65. The van der Waals surface area contributed by atoms with Crippen molar-refractivity contribution in [3.8, 4) is 12.3 Å². The predicted octanol–water partition coefficient (Wildman–Crippen LogP) is -0.454. The van der Waals surface area contributed by atoms with Gasteiger partial charge in [-0.25, -0.2) is 0 Å². The van der Waals surface area contributed by atoms with Crippen molar-refractivity contribution in [1.29, 1.82) is 0 Å². The molecule has 0 rings (SSSR count). The Kier molecular flexibility index (Phi) is 7.65. The maximum atomic E-state index is 5.53. The molecule has 0 aromatic carbocycles. The summed E-state index contributed by atoms with van der Waals surface area (Å²) in [6.07, 6.45) is 5.59. The molecule has 0 amide bonds. The standard InChI is InChI=1S/C9H18N2O2/c1-4-5-11-8(7-10)6-9(12-2)13-3/h1,8-9,11H,5-7,10H2,2-3H3. The summed E-state index contributed by atoms with van der Waals surface area (Å²) in [6.45, 7) is 1.03. The smallest absolute Gasteiger partial charge is 0.158 e. The molecule has 0 fully saturated rings. The number of rotatable bonds is 7. The minimum absolute atomic E-state index is 0.140. The van der Waals surface area contributed by atoms with Gasteiger partial charge in [-0.05, 0) is 0 Å². The minimum Gasteiger partial charge on any atom is -0.356 e. The van der Waals surface area contributed by atoms with E-state index in [0.29, 0.717) is 19.5 Å². The Hall–Kier alpha value is -0.600. The molecule has 1 atom stereocenters. The molecule has 0 spiro atoms. The van der Waals surface area contributed by atoms with Crippen LogP contribution in [-0.2, 0) is 9.47 Å². The fraction of sp³-hybridized carbons (Fsp3) is 0.778. The van der Waals surface area contributed by atoms with E-state index in [1.165, 1.54) is 0 Å². The van der Waals surface area contributed by atoms with Gasteiger partial charge in [0, 0.05) is 33.2 Å². The molecule has 0 radical (unpaired) electrons. The van der Waals surface area contributed by atoms with E-state index < -0.39 is 0 Å². The lowest BCUT2D eigenvalue weighted by molar-refractivity contribution is -0.110. The monoisotopic (exact) mass is 186 g/mol. The summed E-state index contributed by atoms with van der Waals surface area (Å²) < 4.78 is 10.1. The van der Waals surface area contributed by atoms with E-state index in [4.69, 9.17) is 21.6 Å². The first-order valence-electron chi connectivity index (χ1n) is 4.21. The lowest BCUT2D eigenvalue weighted by Gasteiger charge is -2.20. The molecule has 0 heterocycles. The van der Waals surface area contributed by atoms with Gasteiger partial charge in [0.25, 0.3) is 0 Å². The Morgan fingerprint density at radius 1 is 1.46 bits per heavy atom. The molecule has 3 N–H and O–H groups in total. The molecule has 0 saturated heterocycles. The average molecular weight is 186 g/mol. The number of terminal acetylenes is 1. The molecule has 0 aromatic rings. The Labute approximate surface area is 79.8 Å². The van der Waals surface area contributed by atoms with Crippen LogP contribution in [0.4, 0.5) is 0 Å². The summed E-state index contributed by atoms with van der Waals surface area (Å²) in [5, 5.41) is 3.10. The quantitative estimate of drug-likeness (QED) is 0.417. The number of hydrogen-bond acceptors (Lipinski definition) is 4. The maximum Gasteiger partial charge on any atom is 0.158 e. The van der Waals surface area contributed by atoms with Gasteiger partial charge in [0.15, 0.2) is 6.29 Å². The molecule has 0 saturated carbocycles. The zero-order chi connectivity index (χ0) is 10.1. The first-order chi connectivity index (χ1) is 6.28. The van der Waals surface area contributed by atoms with Crippen LogP contribution < -0.4 is 11.1 Å². The van der Waals surface area contributed by atoms with Crippen LogP contribution in [0.25, 0.3) is 0 Å². The second-order valence-electron chi connectivity index (χ2n) is 2.65. The summed E-state index contributed by atoms with van der Waals surface area (Å²) >= 11 is 0. The highest BCUT2D eigenvalue weighted by atomic mass is 16.7. The predicted molar refractivity (Wildman–Crippen MR) is 52.1 cm³/mol. The minimum atomic E-state index is -0.223. The first kappa shape index (κ1) is 12.4. The van der Waals surface area contributed by atoms with Crippen molar-refractivity contribution in [3.05, 3.63) is 0 Å². The molecular weight excluding hydrogens is 168 g/mol. The summed E-state index contributed by atoms with van der Waals surface area (Å²) in [6, 6.07) is 0.140. The van der Waals surface area contributed by atoms with E-state index in [9.17, 15) is 0 Å². The third-order valence-electron chi connectivity index (χ3n) is 1.78. The van der Waals surface area contributed by atoms with Crippen molar-refractivity contribution in [3.63, 3.8) is 0 Å². The molecule has 0 bridgehead atoms. The highest BCUT2D eigenvalue weighted by molar-refractivity contribution is 4.88. The lowest BCUT2D eigenvalue weighted by Crippen LogP contribution is -2.39. The van der Waals surface area contributed by atoms with E-state index in [1.54, 1.807) is 14.2 Å². The highest BCUT2D eigenvalue weighted by Gasteiger charge is 2.12.